The Hall–Kier alpha value is -1.34. The van der Waals surface area contributed by atoms with Crippen molar-refractivity contribution in [3.8, 4) is 0 Å². The van der Waals surface area contributed by atoms with Crippen LogP contribution in [0.2, 0.25) is 0 Å². The number of carbonyl (C=O) groups excluding carboxylic acids is 1. The molecule has 2 atom stereocenters. The van der Waals surface area contributed by atoms with Crippen molar-refractivity contribution in [2.45, 2.75) is 38.8 Å². The van der Waals surface area contributed by atoms with Gasteiger partial charge in [-0.1, -0.05) is 0 Å². The van der Waals surface area contributed by atoms with Crippen LogP contribution in [0.15, 0.2) is 0 Å². The van der Waals surface area contributed by atoms with E-state index in [2.05, 4.69) is 4.90 Å². The van der Waals surface area contributed by atoms with E-state index in [1.54, 1.807) is 0 Å². The molecule has 0 aromatic heterocycles. The predicted molar refractivity (Wildman–Crippen MR) is 79.7 cm³/mol. The van der Waals surface area contributed by atoms with Crippen LogP contribution in [-0.4, -0.2) is 78.0 Å². The van der Waals surface area contributed by atoms with E-state index in [0.717, 1.165) is 13.1 Å². The summed E-state index contributed by atoms with van der Waals surface area (Å²) in [6.07, 6.45) is 0.131. The van der Waals surface area contributed by atoms with Crippen molar-refractivity contribution in [2.24, 2.45) is 5.92 Å². The minimum atomic E-state index is -0.855. The molecule has 0 aromatic rings. The summed E-state index contributed by atoms with van der Waals surface area (Å²) in [5.41, 5.74) is -0.582. The Morgan fingerprint density at radius 3 is 2.36 bits per heavy atom. The maximum Gasteiger partial charge on any atom is 0.410 e. The molecule has 2 fully saturated rings. The summed E-state index contributed by atoms with van der Waals surface area (Å²) in [4.78, 5) is 27.4. The quantitative estimate of drug-likeness (QED) is 0.820. The first-order valence-electron chi connectivity index (χ1n) is 7.79. The molecule has 22 heavy (non-hydrogen) atoms. The van der Waals surface area contributed by atoms with Crippen molar-refractivity contribution in [1.29, 1.82) is 0 Å². The van der Waals surface area contributed by atoms with Gasteiger partial charge in [-0.25, -0.2) is 4.79 Å². The highest BCUT2D eigenvalue weighted by Gasteiger charge is 2.38. The second-order valence-corrected chi connectivity index (χ2v) is 6.96. The lowest BCUT2D eigenvalue weighted by Gasteiger charge is -2.42. The standard InChI is InChI=1S/C15H26N2O5/c1-15(2,3)22-14(20)17-9-11(13(18)19)8-12(10-17)16-4-6-21-7-5-16/h11-12H,4-10H2,1-3H3,(H,18,19)/t11-,12+/m1/s1. The van der Waals surface area contributed by atoms with Crippen LogP contribution in [0, 0.1) is 5.92 Å². The fraction of sp³-hybridized carbons (Fsp3) is 0.867. The monoisotopic (exact) mass is 314 g/mol. The van der Waals surface area contributed by atoms with Crippen molar-refractivity contribution in [1.82, 2.24) is 9.80 Å². The Kier molecular flexibility index (Phi) is 5.28. The molecular formula is C15H26N2O5. The molecular weight excluding hydrogens is 288 g/mol. The molecule has 1 amide bonds. The average molecular weight is 314 g/mol. The van der Waals surface area contributed by atoms with E-state index in [1.165, 1.54) is 4.90 Å². The SMILES string of the molecule is CC(C)(C)OC(=O)N1C[C@H](C(=O)O)C[C@H](N2CCOCC2)C1. The lowest BCUT2D eigenvalue weighted by molar-refractivity contribution is -0.144. The second kappa shape index (κ2) is 6.83. The lowest BCUT2D eigenvalue weighted by atomic mass is 9.93. The minimum Gasteiger partial charge on any atom is -0.481 e. The maximum atomic E-state index is 12.3. The first-order valence-corrected chi connectivity index (χ1v) is 7.79. The smallest absolute Gasteiger partial charge is 0.410 e. The first kappa shape index (κ1) is 17.0. The number of carboxylic acid groups (broad SMARTS) is 1. The maximum absolute atomic E-state index is 12.3. The summed E-state index contributed by atoms with van der Waals surface area (Å²) >= 11 is 0. The van der Waals surface area contributed by atoms with Crippen LogP contribution in [0.4, 0.5) is 4.79 Å². The number of hydrogen-bond donors (Lipinski definition) is 1. The number of rotatable bonds is 2. The fourth-order valence-electron chi connectivity index (χ4n) is 2.93. The highest BCUT2D eigenvalue weighted by atomic mass is 16.6. The number of aliphatic carboxylic acids is 1. The molecule has 2 aliphatic heterocycles. The summed E-state index contributed by atoms with van der Waals surface area (Å²) in [6, 6.07) is 0.0475. The van der Waals surface area contributed by atoms with Gasteiger partial charge in [-0.15, -0.1) is 0 Å². The molecule has 126 valence electrons. The Morgan fingerprint density at radius 1 is 1.18 bits per heavy atom. The predicted octanol–water partition coefficient (Wildman–Crippen LogP) is 1.03. The molecule has 1 N–H and O–H groups in total. The van der Waals surface area contributed by atoms with Crippen molar-refractivity contribution < 1.29 is 24.2 Å². The summed E-state index contributed by atoms with van der Waals surface area (Å²) < 4.78 is 10.7. The molecule has 7 nitrogen and oxygen atoms in total. The Morgan fingerprint density at radius 2 is 1.82 bits per heavy atom. The largest absolute Gasteiger partial charge is 0.481 e. The molecule has 0 aliphatic carbocycles. The van der Waals surface area contributed by atoms with Gasteiger partial charge in [0.1, 0.15) is 5.60 Å². The van der Waals surface area contributed by atoms with Crippen molar-refractivity contribution in [3.63, 3.8) is 0 Å². The number of likely N-dealkylation sites (tertiary alicyclic amines) is 1. The molecule has 0 radical (unpaired) electrons. The number of ether oxygens (including phenoxy) is 2. The average Bonchev–Trinajstić information content (AvgIpc) is 2.46. The van der Waals surface area contributed by atoms with E-state index < -0.39 is 23.6 Å². The zero-order chi connectivity index (χ0) is 16.3. The van der Waals surface area contributed by atoms with Gasteiger partial charge in [0.05, 0.1) is 19.1 Å². The Bertz CT molecular complexity index is 415. The summed E-state index contributed by atoms with van der Waals surface area (Å²) in [7, 11) is 0. The molecule has 0 bridgehead atoms. The van der Waals surface area contributed by atoms with Crippen LogP contribution in [0.5, 0.6) is 0 Å². The molecule has 0 unspecified atom stereocenters. The van der Waals surface area contributed by atoms with Gasteiger partial charge in [-0.05, 0) is 27.2 Å². The van der Waals surface area contributed by atoms with Crippen LogP contribution in [0.3, 0.4) is 0 Å². The van der Waals surface area contributed by atoms with Crippen LogP contribution < -0.4 is 0 Å². The van der Waals surface area contributed by atoms with E-state index >= 15 is 0 Å². The van der Waals surface area contributed by atoms with E-state index in [4.69, 9.17) is 9.47 Å². The highest BCUT2D eigenvalue weighted by molar-refractivity contribution is 5.73. The van der Waals surface area contributed by atoms with E-state index in [0.29, 0.717) is 26.2 Å². The lowest BCUT2D eigenvalue weighted by Crippen LogP contribution is -2.56. The molecule has 7 heteroatoms. The third-order valence-electron chi connectivity index (χ3n) is 3.99. The number of amides is 1. The van der Waals surface area contributed by atoms with Crippen LogP contribution in [-0.2, 0) is 14.3 Å². The molecule has 2 rings (SSSR count). The normalized spacial score (nSPS) is 27.5. The Labute approximate surface area is 131 Å². The molecule has 2 saturated heterocycles. The molecule has 2 aliphatic rings. The molecule has 2 heterocycles. The van der Waals surface area contributed by atoms with Gasteiger partial charge in [0.2, 0.25) is 0 Å². The zero-order valence-corrected chi connectivity index (χ0v) is 13.6. The fourth-order valence-corrected chi connectivity index (χ4v) is 2.93. The van der Waals surface area contributed by atoms with Crippen LogP contribution >= 0.6 is 0 Å². The van der Waals surface area contributed by atoms with Gasteiger partial charge in [0.25, 0.3) is 0 Å². The molecule has 0 aromatic carbocycles. The number of hydrogen-bond acceptors (Lipinski definition) is 5. The highest BCUT2D eigenvalue weighted by Crippen LogP contribution is 2.24. The number of carboxylic acids is 1. The van der Waals surface area contributed by atoms with Crippen LogP contribution in [0.1, 0.15) is 27.2 Å². The van der Waals surface area contributed by atoms with E-state index in [1.807, 2.05) is 20.8 Å². The third-order valence-corrected chi connectivity index (χ3v) is 3.99. The molecule has 0 saturated carbocycles. The molecule has 0 spiro atoms. The number of nitrogens with zero attached hydrogens (tertiary/aromatic N) is 2. The third kappa shape index (κ3) is 4.58. The van der Waals surface area contributed by atoms with Crippen molar-refractivity contribution in [3.05, 3.63) is 0 Å². The first-order chi connectivity index (χ1) is 10.3. The second-order valence-electron chi connectivity index (χ2n) is 6.96. The minimum absolute atomic E-state index is 0.0475. The Balaban J connectivity index is 2.05. The van der Waals surface area contributed by atoms with Gasteiger partial charge in [0.15, 0.2) is 0 Å². The van der Waals surface area contributed by atoms with Crippen molar-refractivity contribution in [2.75, 3.05) is 39.4 Å². The van der Waals surface area contributed by atoms with Gasteiger partial charge in [-0.2, -0.15) is 0 Å². The topological polar surface area (TPSA) is 79.3 Å². The summed E-state index contributed by atoms with van der Waals surface area (Å²) in [5.74, 6) is -1.40. The number of piperidine rings is 1. The summed E-state index contributed by atoms with van der Waals surface area (Å²) in [5, 5.41) is 9.36. The van der Waals surface area contributed by atoms with Gasteiger partial charge >= 0.3 is 12.1 Å². The van der Waals surface area contributed by atoms with Gasteiger partial charge in [0, 0.05) is 32.2 Å². The number of carbonyl (C=O) groups is 2. The summed E-state index contributed by atoms with van der Waals surface area (Å²) in [6.45, 7) is 9.01. The van der Waals surface area contributed by atoms with Gasteiger partial charge in [-0.3, -0.25) is 9.69 Å². The van der Waals surface area contributed by atoms with Gasteiger partial charge < -0.3 is 19.5 Å². The van der Waals surface area contributed by atoms with E-state index in [9.17, 15) is 14.7 Å². The van der Waals surface area contributed by atoms with Crippen molar-refractivity contribution >= 4 is 12.1 Å². The van der Waals surface area contributed by atoms with E-state index in [-0.39, 0.29) is 12.6 Å². The number of morpholine rings is 1. The van der Waals surface area contributed by atoms with Crippen LogP contribution in [0.25, 0.3) is 0 Å². The zero-order valence-electron chi connectivity index (χ0n) is 13.6.